The Morgan fingerprint density at radius 2 is 2.11 bits per heavy atom. The Bertz CT molecular complexity index is 424. The van der Waals surface area contributed by atoms with E-state index >= 15 is 0 Å². The minimum atomic E-state index is 0.0259. The Hall–Kier alpha value is -1.78. The highest BCUT2D eigenvalue weighted by Gasteiger charge is 2.20. The van der Waals surface area contributed by atoms with Crippen LogP contribution in [-0.2, 0) is 4.79 Å². The molecule has 1 aromatic rings. The molecule has 18 heavy (non-hydrogen) atoms. The smallest absolute Gasteiger partial charge is 0.243 e. The van der Waals surface area contributed by atoms with Crippen molar-refractivity contribution < 1.29 is 4.79 Å². The zero-order valence-corrected chi connectivity index (χ0v) is 10.6. The Balaban J connectivity index is 1.91. The van der Waals surface area contributed by atoms with Crippen LogP contribution in [0.1, 0.15) is 44.7 Å². The van der Waals surface area contributed by atoms with Crippen LogP contribution in [-0.4, -0.2) is 21.6 Å². The fourth-order valence-electron chi connectivity index (χ4n) is 2.14. The third kappa shape index (κ3) is 3.35. The average molecular weight is 246 g/mol. The molecule has 1 aromatic heterocycles. The van der Waals surface area contributed by atoms with Crippen LogP contribution in [0.25, 0.3) is 0 Å². The molecule has 0 radical (unpaired) electrons. The van der Waals surface area contributed by atoms with E-state index in [1.165, 1.54) is 6.42 Å². The molecule has 1 heterocycles. The number of amides is 1. The molecule has 96 valence electrons. The lowest BCUT2D eigenvalue weighted by Crippen LogP contribution is -2.29. The molecule has 0 spiro atoms. The van der Waals surface area contributed by atoms with E-state index in [-0.39, 0.29) is 11.8 Å². The van der Waals surface area contributed by atoms with E-state index in [4.69, 9.17) is 0 Å². The number of carbonyl (C=O) groups is 1. The molecule has 5 heteroatoms. The summed E-state index contributed by atoms with van der Waals surface area (Å²) >= 11 is 0. The summed E-state index contributed by atoms with van der Waals surface area (Å²) in [7, 11) is 0. The van der Waals surface area contributed by atoms with E-state index in [1.54, 1.807) is 18.6 Å². The Kier molecular flexibility index (Phi) is 4.39. The molecule has 0 aromatic carbocycles. The monoisotopic (exact) mass is 246 g/mol. The lowest BCUT2D eigenvalue weighted by molar-refractivity contribution is -0.125. The van der Waals surface area contributed by atoms with Crippen molar-refractivity contribution in [3.05, 3.63) is 24.3 Å². The van der Waals surface area contributed by atoms with Gasteiger partial charge in [-0.15, -0.1) is 0 Å². The van der Waals surface area contributed by atoms with Gasteiger partial charge in [-0.1, -0.05) is 19.3 Å². The SMILES string of the molecule is CC(=NNC(=O)C1CCCCC1)c1cnccn1. The molecule has 0 atom stereocenters. The van der Waals surface area contributed by atoms with Gasteiger partial charge >= 0.3 is 0 Å². The molecule has 0 bridgehead atoms. The molecular weight excluding hydrogens is 228 g/mol. The number of rotatable bonds is 3. The quantitative estimate of drug-likeness (QED) is 0.654. The van der Waals surface area contributed by atoms with E-state index in [9.17, 15) is 4.79 Å². The van der Waals surface area contributed by atoms with Gasteiger partial charge in [0.15, 0.2) is 0 Å². The fraction of sp³-hybridized carbons (Fsp3) is 0.538. The predicted octanol–water partition coefficient (Wildman–Crippen LogP) is 1.90. The second-order valence-electron chi connectivity index (χ2n) is 4.60. The molecule has 0 aliphatic heterocycles. The second-order valence-corrected chi connectivity index (χ2v) is 4.60. The number of hydrazone groups is 1. The zero-order valence-electron chi connectivity index (χ0n) is 10.6. The Morgan fingerprint density at radius 3 is 2.78 bits per heavy atom. The first kappa shape index (κ1) is 12.7. The van der Waals surface area contributed by atoms with Gasteiger partial charge in [0.1, 0.15) is 5.69 Å². The fourth-order valence-corrected chi connectivity index (χ4v) is 2.14. The third-order valence-corrected chi connectivity index (χ3v) is 3.24. The molecule has 1 N–H and O–H groups in total. The van der Waals surface area contributed by atoms with Crippen LogP contribution < -0.4 is 5.43 Å². The average Bonchev–Trinajstić information content (AvgIpc) is 2.46. The molecule has 1 amide bonds. The van der Waals surface area contributed by atoms with Crippen molar-refractivity contribution in [1.29, 1.82) is 0 Å². The summed E-state index contributed by atoms with van der Waals surface area (Å²) in [6.07, 6.45) is 10.3. The number of aromatic nitrogens is 2. The van der Waals surface area contributed by atoms with Gasteiger partial charge in [-0.3, -0.25) is 14.8 Å². The lowest BCUT2D eigenvalue weighted by Gasteiger charge is -2.19. The van der Waals surface area contributed by atoms with Gasteiger partial charge in [0, 0.05) is 18.3 Å². The largest absolute Gasteiger partial charge is 0.273 e. The normalized spacial score (nSPS) is 17.5. The summed E-state index contributed by atoms with van der Waals surface area (Å²) < 4.78 is 0. The van der Waals surface area contributed by atoms with Crippen molar-refractivity contribution in [2.24, 2.45) is 11.0 Å². The van der Waals surface area contributed by atoms with E-state index in [2.05, 4.69) is 20.5 Å². The second kappa shape index (κ2) is 6.23. The summed E-state index contributed by atoms with van der Waals surface area (Å²) in [5.74, 6) is 0.148. The number of nitrogens with zero attached hydrogens (tertiary/aromatic N) is 3. The molecule has 0 saturated heterocycles. The van der Waals surface area contributed by atoms with E-state index in [0.717, 1.165) is 25.7 Å². The lowest BCUT2D eigenvalue weighted by atomic mass is 9.89. The van der Waals surface area contributed by atoms with Gasteiger partial charge in [0.2, 0.25) is 5.91 Å². The van der Waals surface area contributed by atoms with Crippen LogP contribution in [0.2, 0.25) is 0 Å². The first-order valence-corrected chi connectivity index (χ1v) is 6.38. The maximum absolute atomic E-state index is 11.9. The van der Waals surface area contributed by atoms with Crippen molar-refractivity contribution in [2.75, 3.05) is 0 Å². The Labute approximate surface area is 107 Å². The Morgan fingerprint density at radius 1 is 1.33 bits per heavy atom. The number of nitrogens with one attached hydrogen (secondary N) is 1. The summed E-state index contributed by atoms with van der Waals surface area (Å²) in [6, 6.07) is 0. The third-order valence-electron chi connectivity index (χ3n) is 3.24. The summed E-state index contributed by atoms with van der Waals surface area (Å²) in [5.41, 5.74) is 3.99. The maximum atomic E-state index is 11.9. The first-order chi connectivity index (χ1) is 8.77. The van der Waals surface area contributed by atoms with E-state index < -0.39 is 0 Å². The van der Waals surface area contributed by atoms with Gasteiger partial charge in [0.25, 0.3) is 0 Å². The molecule has 0 unspecified atom stereocenters. The number of hydrogen-bond acceptors (Lipinski definition) is 4. The summed E-state index contributed by atoms with van der Waals surface area (Å²) in [4.78, 5) is 20.0. The van der Waals surface area contributed by atoms with Gasteiger partial charge in [-0.2, -0.15) is 5.10 Å². The highest BCUT2D eigenvalue weighted by Crippen LogP contribution is 2.23. The van der Waals surface area contributed by atoms with Crippen LogP contribution >= 0.6 is 0 Å². The van der Waals surface area contributed by atoms with Gasteiger partial charge in [0.05, 0.1) is 11.9 Å². The van der Waals surface area contributed by atoms with Crippen LogP contribution in [0.4, 0.5) is 0 Å². The molecular formula is C13H18N4O. The molecule has 1 fully saturated rings. The van der Waals surface area contributed by atoms with Crippen molar-refractivity contribution >= 4 is 11.6 Å². The van der Waals surface area contributed by atoms with Crippen molar-refractivity contribution in [3.63, 3.8) is 0 Å². The summed E-state index contributed by atoms with van der Waals surface area (Å²) in [6.45, 7) is 1.81. The molecule has 2 rings (SSSR count). The highest BCUT2D eigenvalue weighted by molar-refractivity contribution is 5.97. The molecule has 1 saturated carbocycles. The standard InChI is InChI=1S/C13H18N4O/c1-10(12-9-14-7-8-15-12)16-17-13(18)11-5-3-2-4-6-11/h7-9,11H,2-6H2,1H3,(H,17,18). The molecule has 1 aliphatic rings. The molecule has 5 nitrogen and oxygen atoms in total. The van der Waals surface area contributed by atoms with Crippen molar-refractivity contribution in [3.8, 4) is 0 Å². The first-order valence-electron chi connectivity index (χ1n) is 6.38. The zero-order chi connectivity index (χ0) is 12.8. The molecule has 1 aliphatic carbocycles. The van der Waals surface area contributed by atoms with Gasteiger partial charge < -0.3 is 0 Å². The maximum Gasteiger partial charge on any atom is 0.243 e. The number of carbonyl (C=O) groups excluding carboxylic acids is 1. The van der Waals surface area contributed by atoms with E-state index in [1.807, 2.05) is 6.92 Å². The van der Waals surface area contributed by atoms with Crippen LogP contribution in [0, 0.1) is 5.92 Å². The van der Waals surface area contributed by atoms with Gasteiger partial charge in [-0.05, 0) is 19.8 Å². The van der Waals surface area contributed by atoms with Crippen molar-refractivity contribution in [2.45, 2.75) is 39.0 Å². The van der Waals surface area contributed by atoms with Crippen LogP contribution in [0.3, 0.4) is 0 Å². The topological polar surface area (TPSA) is 67.2 Å². The summed E-state index contributed by atoms with van der Waals surface area (Å²) in [5, 5.41) is 4.08. The minimum Gasteiger partial charge on any atom is -0.273 e. The van der Waals surface area contributed by atoms with Crippen LogP contribution in [0.15, 0.2) is 23.7 Å². The van der Waals surface area contributed by atoms with Gasteiger partial charge in [-0.25, -0.2) is 5.43 Å². The minimum absolute atomic E-state index is 0.0259. The highest BCUT2D eigenvalue weighted by atomic mass is 16.2. The van der Waals surface area contributed by atoms with E-state index in [0.29, 0.717) is 11.4 Å². The predicted molar refractivity (Wildman–Crippen MR) is 69.0 cm³/mol. The number of hydrogen-bond donors (Lipinski definition) is 1. The van der Waals surface area contributed by atoms with Crippen molar-refractivity contribution in [1.82, 2.24) is 15.4 Å². The van der Waals surface area contributed by atoms with Crippen LogP contribution in [0.5, 0.6) is 0 Å².